The molecule has 1 N–H and O–H groups in total. The van der Waals surface area contributed by atoms with E-state index in [0.29, 0.717) is 0 Å². The van der Waals surface area contributed by atoms with E-state index >= 15 is 0 Å². The highest BCUT2D eigenvalue weighted by Gasteiger charge is 2.21. The van der Waals surface area contributed by atoms with Gasteiger partial charge in [-0.3, -0.25) is 0 Å². The van der Waals surface area contributed by atoms with Crippen LogP contribution in [-0.4, -0.2) is 37.1 Å². The summed E-state index contributed by atoms with van der Waals surface area (Å²) in [6.45, 7) is 7.42. The molecule has 2 rings (SSSR count). The van der Waals surface area contributed by atoms with Gasteiger partial charge in [0.05, 0.1) is 0 Å². The summed E-state index contributed by atoms with van der Waals surface area (Å²) in [5, 5.41) is 3.65. The summed E-state index contributed by atoms with van der Waals surface area (Å²) in [5.41, 5.74) is 0. The quantitative estimate of drug-likeness (QED) is 0.733. The van der Waals surface area contributed by atoms with Crippen molar-refractivity contribution in [3.8, 4) is 0 Å². The van der Waals surface area contributed by atoms with Gasteiger partial charge < -0.3 is 10.2 Å². The van der Waals surface area contributed by atoms with E-state index in [1.807, 2.05) is 0 Å². The molecule has 0 bridgehead atoms. The van der Waals surface area contributed by atoms with Crippen LogP contribution >= 0.6 is 0 Å². The maximum absolute atomic E-state index is 3.65. The lowest BCUT2D eigenvalue weighted by Gasteiger charge is -2.17. The second-order valence-electron chi connectivity index (χ2n) is 6.03. The van der Waals surface area contributed by atoms with Crippen LogP contribution in [0.25, 0.3) is 0 Å². The van der Waals surface area contributed by atoms with Crippen LogP contribution in [0.5, 0.6) is 0 Å². The fourth-order valence-corrected chi connectivity index (χ4v) is 3.45. The molecule has 2 aliphatic rings. The van der Waals surface area contributed by atoms with Crippen LogP contribution in [0.4, 0.5) is 0 Å². The van der Waals surface area contributed by atoms with Crippen LogP contribution in [0.3, 0.4) is 0 Å². The predicted octanol–water partition coefficient (Wildman–Crippen LogP) is 3.03. The Hall–Kier alpha value is -0.0800. The summed E-state index contributed by atoms with van der Waals surface area (Å²) >= 11 is 0. The van der Waals surface area contributed by atoms with Crippen LogP contribution < -0.4 is 5.32 Å². The molecule has 0 radical (unpaired) electrons. The largest absolute Gasteiger partial charge is 0.313 e. The Kier molecular flexibility index (Phi) is 5.79. The molecule has 1 saturated carbocycles. The first-order valence-electron chi connectivity index (χ1n) is 7.84. The van der Waals surface area contributed by atoms with Gasteiger partial charge in [0.15, 0.2) is 0 Å². The van der Waals surface area contributed by atoms with Crippen molar-refractivity contribution in [1.82, 2.24) is 10.2 Å². The normalized spacial score (nSPS) is 27.0. The van der Waals surface area contributed by atoms with Crippen LogP contribution in [0.2, 0.25) is 0 Å². The first kappa shape index (κ1) is 13.4. The molecule has 2 fully saturated rings. The maximum atomic E-state index is 3.65. The summed E-state index contributed by atoms with van der Waals surface area (Å²) < 4.78 is 0. The first-order valence-corrected chi connectivity index (χ1v) is 7.84. The fourth-order valence-electron chi connectivity index (χ4n) is 3.45. The highest BCUT2D eigenvalue weighted by atomic mass is 15.2. The molecule has 0 spiro atoms. The summed E-state index contributed by atoms with van der Waals surface area (Å²) in [6.07, 6.45) is 11.6. The van der Waals surface area contributed by atoms with Gasteiger partial charge in [0, 0.05) is 12.6 Å². The number of nitrogens with zero attached hydrogens (tertiary/aromatic N) is 1. The molecule has 1 heterocycles. The monoisotopic (exact) mass is 238 g/mol. The minimum Gasteiger partial charge on any atom is -0.313 e. The minimum absolute atomic E-state index is 0.779. The smallest absolute Gasteiger partial charge is 0.0207 e. The topological polar surface area (TPSA) is 15.3 Å². The Morgan fingerprint density at radius 3 is 2.76 bits per heavy atom. The highest BCUT2D eigenvalue weighted by molar-refractivity contribution is 4.81. The van der Waals surface area contributed by atoms with E-state index in [0.717, 1.165) is 12.0 Å². The van der Waals surface area contributed by atoms with Crippen molar-refractivity contribution in [2.24, 2.45) is 5.92 Å². The number of hydrogen-bond acceptors (Lipinski definition) is 2. The van der Waals surface area contributed by atoms with Gasteiger partial charge in [-0.05, 0) is 51.2 Å². The lowest BCUT2D eigenvalue weighted by atomic mass is 10.0. The molecule has 1 saturated heterocycles. The molecule has 0 aromatic carbocycles. The molecule has 1 aliphatic carbocycles. The van der Waals surface area contributed by atoms with E-state index in [2.05, 4.69) is 17.1 Å². The minimum atomic E-state index is 0.779. The molecule has 1 unspecified atom stereocenters. The predicted molar refractivity (Wildman–Crippen MR) is 74.3 cm³/mol. The molecular formula is C15H30N2. The van der Waals surface area contributed by atoms with Crippen molar-refractivity contribution >= 4 is 0 Å². The second kappa shape index (κ2) is 7.38. The number of nitrogens with one attached hydrogen (secondary N) is 1. The third-order valence-electron chi connectivity index (χ3n) is 4.52. The molecule has 2 nitrogen and oxygen atoms in total. The highest BCUT2D eigenvalue weighted by Crippen LogP contribution is 2.28. The molecule has 2 heteroatoms. The zero-order valence-electron chi connectivity index (χ0n) is 11.6. The fraction of sp³-hybridized carbons (Fsp3) is 1.00. The van der Waals surface area contributed by atoms with Gasteiger partial charge in [-0.2, -0.15) is 0 Å². The standard InChI is InChI=1S/C15H30N2/c1-2-10-16-15-9-12-17(13-15)11-5-8-14-6-3-4-7-14/h14-16H,2-13H2,1H3. The third-order valence-corrected chi connectivity index (χ3v) is 4.52. The Morgan fingerprint density at radius 1 is 1.18 bits per heavy atom. The molecule has 0 aromatic rings. The van der Waals surface area contributed by atoms with Gasteiger partial charge in [0.1, 0.15) is 0 Å². The summed E-state index contributed by atoms with van der Waals surface area (Å²) in [4.78, 5) is 2.67. The van der Waals surface area contributed by atoms with E-state index in [1.54, 1.807) is 0 Å². The molecule has 1 atom stereocenters. The lowest BCUT2D eigenvalue weighted by molar-refractivity contribution is 0.307. The Morgan fingerprint density at radius 2 is 2.00 bits per heavy atom. The molecule has 100 valence electrons. The van der Waals surface area contributed by atoms with Crippen LogP contribution in [-0.2, 0) is 0 Å². The van der Waals surface area contributed by atoms with Gasteiger partial charge in [0.25, 0.3) is 0 Å². The first-order chi connectivity index (χ1) is 8.38. The van der Waals surface area contributed by atoms with E-state index in [9.17, 15) is 0 Å². The molecular weight excluding hydrogens is 208 g/mol. The van der Waals surface area contributed by atoms with E-state index in [4.69, 9.17) is 0 Å². The van der Waals surface area contributed by atoms with Crippen molar-refractivity contribution in [3.05, 3.63) is 0 Å². The molecule has 17 heavy (non-hydrogen) atoms. The second-order valence-corrected chi connectivity index (χ2v) is 6.03. The van der Waals surface area contributed by atoms with E-state index < -0.39 is 0 Å². The van der Waals surface area contributed by atoms with E-state index in [-0.39, 0.29) is 0 Å². The maximum Gasteiger partial charge on any atom is 0.0207 e. The van der Waals surface area contributed by atoms with Crippen molar-refractivity contribution in [3.63, 3.8) is 0 Å². The summed E-state index contributed by atoms with van der Waals surface area (Å²) in [6, 6.07) is 0.779. The Bertz CT molecular complexity index is 199. The molecule has 0 amide bonds. The van der Waals surface area contributed by atoms with Gasteiger partial charge in [-0.15, -0.1) is 0 Å². The summed E-state index contributed by atoms with van der Waals surface area (Å²) in [7, 11) is 0. The van der Waals surface area contributed by atoms with Gasteiger partial charge in [-0.25, -0.2) is 0 Å². The molecule has 0 aromatic heterocycles. The zero-order valence-corrected chi connectivity index (χ0v) is 11.6. The SMILES string of the molecule is CCCNC1CCN(CCCC2CCCC2)C1. The van der Waals surface area contributed by atoms with Crippen LogP contribution in [0.1, 0.15) is 58.3 Å². The van der Waals surface area contributed by atoms with Gasteiger partial charge >= 0.3 is 0 Å². The van der Waals surface area contributed by atoms with E-state index in [1.165, 1.54) is 77.5 Å². The van der Waals surface area contributed by atoms with Crippen molar-refractivity contribution in [2.75, 3.05) is 26.2 Å². The zero-order chi connectivity index (χ0) is 11.9. The van der Waals surface area contributed by atoms with Crippen LogP contribution in [0, 0.1) is 5.92 Å². The van der Waals surface area contributed by atoms with Crippen molar-refractivity contribution < 1.29 is 0 Å². The van der Waals surface area contributed by atoms with Crippen molar-refractivity contribution in [1.29, 1.82) is 0 Å². The van der Waals surface area contributed by atoms with Crippen molar-refractivity contribution in [2.45, 2.75) is 64.3 Å². The number of rotatable bonds is 7. The average Bonchev–Trinajstić information content (AvgIpc) is 2.98. The van der Waals surface area contributed by atoms with Crippen LogP contribution in [0.15, 0.2) is 0 Å². The Balaban J connectivity index is 1.51. The van der Waals surface area contributed by atoms with Gasteiger partial charge in [-0.1, -0.05) is 32.6 Å². The molecule has 1 aliphatic heterocycles. The average molecular weight is 238 g/mol. The van der Waals surface area contributed by atoms with Gasteiger partial charge in [0.2, 0.25) is 0 Å². The number of likely N-dealkylation sites (tertiary alicyclic amines) is 1. The summed E-state index contributed by atoms with van der Waals surface area (Å²) in [5.74, 6) is 1.08. The number of hydrogen-bond donors (Lipinski definition) is 1. The Labute approximate surface area is 107 Å². The third kappa shape index (κ3) is 4.59. The lowest BCUT2D eigenvalue weighted by Crippen LogP contribution is -2.33.